The Labute approximate surface area is 207 Å². The standard InChI is InChI=1S/C27H39N3O5/c1-3-34-26(32)18-12-13-21-20(15-18)24(29-30(21)19-8-6-5-7-9-19)25(31)28-23-17-11-10-16(14-17)22(23)27(33)35-4-2/h16-19,22-23H,3-15H2,1-2H3,(H,28,31). The topological polar surface area (TPSA) is 99.5 Å². The fourth-order valence-corrected chi connectivity index (χ4v) is 7.21. The van der Waals surface area contributed by atoms with E-state index in [0.29, 0.717) is 37.3 Å². The number of hydrogen-bond acceptors (Lipinski definition) is 6. The van der Waals surface area contributed by atoms with Gasteiger partial charge in [0.1, 0.15) is 0 Å². The molecule has 0 aromatic carbocycles. The molecule has 1 N–H and O–H groups in total. The third-order valence-electron chi connectivity index (χ3n) is 8.83. The quantitative estimate of drug-likeness (QED) is 0.591. The molecule has 2 bridgehead atoms. The number of aromatic nitrogens is 2. The zero-order valence-corrected chi connectivity index (χ0v) is 21.1. The van der Waals surface area contributed by atoms with E-state index >= 15 is 0 Å². The monoisotopic (exact) mass is 485 g/mol. The molecule has 192 valence electrons. The highest BCUT2D eigenvalue weighted by Crippen LogP contribution is 2.49. The Morgan fingerprint density at radius 3 is 2.40 bits per heavy atom. The number of hydrogen-bond donors (Lipinski definition) is 1. The smallest absolute Gasteiger partial charge is 0.311 e. The van der Waals surface area contributed by atoms with E-state index in [0.717, 1.165) is 56.2 Å². The van der Waals surface area contributed by atoms with Gasteiger partial charge in [0.2, 0.25) is 0 Å². The van der Waals surface area contributed by atoms with E-state index in [4.69, 9.17) is 14.6 Å². The summed E-state index contributed by atoms with van der Waals surface area (Å²) in [4.78, 5) is 39.0. The zero-order chi connectivity index (χ0) is 24.5. The summed E-state index contributed by atoms with van der Waals surface area (Å²) in [5.74, 6) is -0.526. The van der Waals surface area contributed by atoms with Gasteiger partial charge in [-0.2, -0.15) is 5.10 Å². The lowest BCUT2D eigenvalue weighted by atomic mass is 9.83. The normalized spacial score (nSPS) is 30.1. The molecule has 0 spiro atoms. The molecule has 0 saturated heterocycles. The molecular weight excluding hydrogens is 446 g/mol. The van der Waals surface area contributed by atoms with Crippen LogP contribution in [-0.4, -0.2) is 46.9 Å². The molecule has 5 unspecified atom stereocenters. The second kappa shape index (κ2) is 10.3. The Morgan fingerprint density at radius 2 is 1.66 bits per heavy atom. The first-order valence-electron chi connectivity index (χ1n) is 13.8. The van der Waals surface area contributed by atoms with E-state index < -0.39 is 0 Å². The molecule has 1 heterocycles. The van der Waals surface area contributed by atoms with Crippen LogP contribution in [0.5, 0.6) is 0 Å². The van der Waals surface area contributed by atoms with E-state index in [1.807, 2.05) is 13.8 Å². The molecular formula is C27H39N3O5. The summed E-state index contributed by atoms with van der Waals surface area (Å²) in [5.41, 5.74) is 2.44. The second-order valence-corrected chi connectivity index (χ2v) is 10.8. The van der Waals surface area contributed by atoms with Gasteiger partial charge in [-0.05, 0) is 77.0 Å². The van der Waals surface area contributed by atoms with Crippen LogP contribution in [0.3, 0.4) is 0 Å². The van der Waals surface area contributed by atoms with Crippen LogP contribution in [0.25, 0.3) is 0 Å². The first kappa shape index (κ1) is 24.3. The fourth-order valence-electron chi connectivity index (χ4n) is 7.21. The Bertz CT molecular complexity index is 966. The number of amides is 1. The molecule has 4 aliphatic carbocycles. The number of fused-ring (bicyclic) bond motifs is 3. The van der Waals surface area contributed by atoms with Crippen molar-refractivity contribution in [3.05, 3.63) is 17.0 Å². The Hall–Kier alpha value is -2.38. The maximum absolute atomic E-state index is 13.7. The van der Waals surface area contributed by atoms with Gasteiger partial charge in [-0.1, -0.05) is 19.3 Å². The van der Waals surface area contributed by atoms with Crippen LogP contribution in [0.2, 0.25) is 0 Å². The maximum atomic E-state index is 13.7. The Morgan fingerprint density at radius 1 is 0.943 bits per heavy atom. The van der Waals surface area contributed by atoms with E-state index in [-0.39, 0.29) is 41.6 Å². The van der Waals surface area contributed by atoms with Gasteiger partial charge in [0, 0.05) is 17.3 Å². The third-order valence-corrected chi connectivity index (χ3v) is 8.83. The van der Waals surface area contributed by atoms with Crippen LogP contribution in [0, 0.1) is 23.7 Å². The molecule has 8 heteroatoms. The lowest BCUT2D eigenvalue weighted by Crippen LogP contribution is -2.47. The molecule has 8 nitrogen and oxygen atoms in total. The predicted molar refractivity (Wildman–Crippen MR) is 129 cm³/mol. The van der Waals surface area contributed by atoms with Gasteiger partial charge < -0.3 is 14.8 Å². The van der Waals surface area contributed by atoms with Crippen LogP contribution in [0.4, 0.5) is 0 Å². The molecule has 0 aliphatic heterocycles. The van der Waals surface area contributed by atoms with Crippen molar-refractivity contribution in [3.63, 3.8) is 0 Å². The lowest BCUT2D eigenvalue weighted by Gasteiger charge is -2.30. The van der Waals surface area contributed by atoms with Crippen molar-refractivity contribution in [1.82, 2.24) is 15.1 Å². The average Bonchev–Trinajstić information content (AvgIpc) is 3.58. The fraction of sp³-hybridized carbons (Fsp3) is 0.778. The summed E-state index contributed by atoms with van der Waals surface area (Å²) >= 11 is 0. The van der Waals surface area contributed by atoms with E-state index in [1.165, 1.54) is 19.3 Å². The van der Waals surface area contributed by atoms with Gasteiger partial charge in [-0.3, -0.25) is 19.1 Å². The van der Waals surface area contributed by atoms with Gasteiger partial charge in [-0.15, -0.1) is 0 Å². The van der Waals surface area contributed by atoms with Crippen molar-refractivity contribution in [2.24, 2.45) is 23.7 Å². The van der Waals surface area contributed by atoms with Gasteiger partial charge >= 0.3 is 11.9 Å². The number of ether oxygens (including phenoxy) is 2. The van der Waals surface area contributed by atoms with E-state index in [2.05, 4.69) is 10.00 Å². The van der Waals surface area contributed by atoms with Crippen LogP contribution >= 0.6 is 0 Å². The minimum Gasteiger partial charge on any atom is -0.466 e. The van der Waals surface area contributed by atoms with Crippen LogP contribution < -0.4 is 5.32 Å². The molecule has 35 heavy (non-hydrogen) atoms. The molecule has 0 radical (unpaired) electrons. The SMILES string of the molecule is CCOC(=O)C1CCc2c(c(C(=O)NC3C4CCC(C4)C3C(=O)OCC)nn2C2CCCCC2)C1. The highest BCUT2D eigenvalue weighted by atomic mass is 16.5. The molecule has 3 fully saturated rings. The van der Waals surface area contributed by atoms with Gasteiger partial charge in [0.25, 0.3) is 5.91 Å². The van der Waals surface area contributed by atoms with E-state index in [9.17, 15) is 14.4 Å². The minimum atomic E-state index is -0.277. The number of esters is 2. The van der Waals surface area contributed by atoms with Crippen LogP contribution in [0.1, 0.15) is 99.4 Å². The highest BCUT2D eigenvalue weighted by molar-refractivity contribution is 5.95. The summed E-state index contributed by atoms with van der Waals surface area (Å²) in [6, 6.07) is 0.105. The second-order valence-electron chi connectivity index (χ2n) is 10.8. The maximum Gasteiger partial charge on any atom is 0.311 e. The Balaban J connectivity index is 1.42. The minimum absolute atomic E-state index is 0.189. The number of carbonyl (C=O) groups excluding carboxylic acids is 3. The molecule has 5 atom stereocenters. The Kier molecular flexibility index (Phi) is 7.17. The summed E-state index contributed by atoms with van der Waals surface area (Å²) in [7, 11) is 0. The third kappa shape index (κ3) is 4.60. The largest absolute Gasteiger partial charge is 0.466 e. The zero-order valence-electron chi connectivity index (χ0n) is 21.1. The summed E-state index contributed by atoms with van der Waals surface area (Å²) in [6.07, 6.45) is 10.7. The highest BCUT2D eigenvalue weighted by Gasteiger charge is 2.52. The van der Waals surface area contributed by atoms with Crippen molar-refractivity contribution in [2.75, 3.05) is 13.2 Å². The number of rotatable bonds is 7. The first-order chi connectivity index (χ1) is 17.0. The predicted octanol–water partition coefficient (Wildman–Crippen LogP) is 3.76. The van der Waals surface area contributed by atoms with Crippen molar-refractivity contribution < 1.29 is 23.9 Å². The molecule has 5 rings (SSSR count). The van der Waals surface area contributed by atoms with Crippen molar-refractivity contribution >= 4 is 17.8 Å². The molecule has 1 aromatic rings. The van der Waals surface area contributed by atoms with E-state index in [1.54, 1.807) is 0 Å². The summed E-state index contributed by atoms with van der Waals surface area (Å²) in [5, 5.41) is 8.12. The molecule has 1 aromatic heterocycles. The molecule has 3 saturated carbocycles. The van der Waals surface area contributed by atoms with Gasteiger partial charge in [0.05, 0.1) is 31.1 Å². The first-order valence-corrected chi connectivity index (χ1v) is 13.8. The number of carbonyl (C=O) groups is 3. The molecule has 1 amide bonds. The number of nitrogens with zero attached hydrogens (tertiary/aromatic N) is 2. The van der Waals surface area contributed by atoms with Gasteiger partial charge in [-0.25, -0.2) is 0 Å². The molecule has 4 aliphatic rings. The number of nitrogens with one attached hydrogen (secondary N) is 1. The van der Waals surface area contributed by atoms with Crippen molar-refractivity contribution in [1.29, 1.82) is 0 Å². The lowest BCUT2D eigenvalue weighted by molar-refractivity contribution is -0.151. The van der Waals surface area contributed by atoms with Crippen LogP contribution in [0.15, 0.2) is 0 Å². The summed E-state index contributed by atoms with van der Waals surface area (Å²) in [6.45, 7) is 4.35. The summed E-state index contributed by atoms with van der Waals surface area (Å²) < 4.78 is 12.8. The average molecular weight is 486 g/mol. The van der Waals surface area contributed by atoms with Crippen molar-refractivity contribution in [3.8, 4) is 0 Å². The van der Waals surface area contributed by atoms with Crippen LogP contribution in [-0.2, 0) is 31.9 Å². The van der Waals surface area contributed by atoms with Crippen molar-refractivity contribution in [2.45, 2.75) is 96.6 Å². The van der Waals surface area contributed by atoms with Gasteiger partial charge in [0.15, 0.2) is 5.69 Å².